The van der Waals surface area contributed by atoms with Crippen molar-refractivity contribution in [2.75, 3.05) is 20.2 Å². The first-order chi connectivity index (χ1) is 15.3. The Morgan fingerprint density at radius 3 is 2.66 bits per heavy atom. The minimum atomic E-state index is -1.11. The summed E-state index contributed by atoms with van der Waals surface area (Å²) in [6.07, 6.45) is 11.8. The van der Waals surface area contributed by atoms with Crippen LogP contribution in [0.3, 0.4) is 0 Å². The van der Waals surface area contributed by atoms with Gasteiger partial charge >= 0.3 is 5.97 Å². The van der Waals surface area contributed by atoms with Crippen LogP contribution in [-0.2, 0) is 22.5 Å². The minimum absolute atomic E-state index is 0.214. The third-order valence-electron chi connectivity index (χ3n) is 4.50. The molecule has 1 heterocycles. The Labute approximate surface area is 187 Å². The van der Waals surface area contributed by atoms with Gasteiger partial charge in [0.1, 0.15) is 12.4 Å². The number of carboxylic acid groups (broad SMARTS) is 1. The molecular formula is C24H28FN3O4. The summed E-state index contributed by atoms with van der Waals surface area (Å²) < 4.78 is 20.1. The van der Waals surface area contributed by atoms with Gasteiger partial charge in [-0.05, 0) is 49.2 Å². The molecule has 0 aliphatic rings. The van der Waals surface area contributed by atoms with E-state index in [1.165, 1.54) is 25.4 Å². The fourth-order valence-corrected chi connectivity index (χ4v) is 2.86. The molecule has 170 valence electrons. The van der Waals surface area contributed by atoms with E-state index in [-0.39, 0.29) is 5.82 Å². The van der Waals surface area contributed by atoms with Gasteiger partial charge in [-0.1, -0.05) is 12.1 Å². The number of aryl methyl sites for hydroxylation is 1. The topological polar surface area (TPSA) is 92.9 Å². The monoisotopic (exact) mass is 441 g/mol. The molecule has 0 atom stereocenters. The minimum Gasteiger partial charge on any atom is -0.484 e. The number of benzene rings is 1. The lowest BCUT2D eigenvalue weighted by Gasteiger charge is -2.10. The molecule has 1 aromatic heterocycles. The van der Waals surface area contributed by atoms with Gasteiger partial charge in [0.05, 0.1) is 12.8 Å². The van der Waals surface area contributed by atoms with E-state index in [9.17, 15) is 14.0 Å². The molecule has 0 aliphatic carbocycles. The molecule has 0 bridgehead atoms. The van der Waals surface area contributed by atoms with Crippen LogP contribution in [-0.4, -0.2) is 41.7 Å². The summed E-state index contributed by atoms with van der Waals surface area (Å²) in [4.78, 5) is 27.2. The number of aromatic nitrogens is 1. The van der Waals surface area contributed by atoms with Crippen molar-refractivity contribution in [3.8, 4) is 12.8 Å². The highest BCUT2D eigenvalue weighted by atomic mass is 19.1. The van der Waals surface area contributed by atoms with Crippen LogP contribution in [0.15, 0.2) is 52.4 Å². The maximum absolute atomic E-state index is 13.9. The maximum Gasteiger partial charge on any atom is 0.323 e. The van der Waals surface area contributed by atoms with E-state index in [0.717, 1.165) is 10.1 Å². The van der Waals surface area contributed by atoms with Crippen LogP contribution in [0, 0.1) is 25.6 Å². The molecule has 0 amide bonds. The lowest BCUT2D eigenvalue weighted by molar-refractivity contribution is -0.137. The molecule has 0 fully saturated rings. The van der Waals surface area contributed by atoms with Crippen molar-refractivity contribution in [3.05, 3.63) is 75.5 Å². The molecule has 0 saturated heterocycles. The number of halogens is 1. The molecule has 1 aromatic carbocycles. The first-order valence-corrected chi connectivity index (χ1v) is 9.82. The number of nitrogens with one attached hydrogen (secondary N) is 1. The summed E-state index contributed by atoms with van der Waals surface area (Å²) in [7, 11) is 1.50. The number of methoxy groups -OCH3 is 1. The summed E-state index contributed by atoms with van der Waals surface area (Å²) in [6.45, 7) is 4.14. The van der Waals surface area contributed by atoms with Crippen molar-refractivity contribution in [3.63, 3.8) is 0 Å². The highest BCUT2D eigenvalue weighted by Gasteiger charge is 2.08. The van der Waals surface area contributed by atoms with E-state index in [2.05, 4.69) is 23.2 Å². The van der Waals surface area contributed by atoms with Crippen molar-refractivity contribution in [1.82, 2.24) is 9.88 Å². The molecule has 32 heavy (non-hydrogen) atoms. The van der Waals surface area contributed by atoms with Crippen LogP contribution < -0.4 is 10.9 Å². The van der Waals surface area contributed by atoms with Crippen LogP contribution in [0.4, 0.5) is 4.39 Å². The molecular weight excluding hydrogens is 413 g/mol. The lowest BCUT2D eigenvalue weighted by atomic mass is 10.1. The SMILES string of the molecule is C#C.COC(C)=N/C(=C\CNCCc1c(C)cccc1F)c1ccc(=O)n(CC(=O)O)c1. The van der Waals surface area contributed by atoms with E-state index in [1.807, 2.05) is 19.1 Å². The number of rotatable bonds is 9. The van der Waals surface area contributed by atoms with E-state index in [1.54, 1.807) is 19.1 Å². The summed E-state index contributed by atoms with van der Waals surface area (Å²) >= 11 is 0. The fraction of sp³-hybridized carbons (Fsp3) is 0.292. The Morgan fingerprint density at radius 2 is 2.03 bits per heavy atom. The summed E-state index contributed by atoms with van der Waals surface area (Å²) in [5.41, 5.74) is 2.30. The predicted molar refractivity (Wildman–Crippen MR) is 124 cm³/mol. The second-order valence-electron chi connectivity index (χ2n) is 6.69. The summed E-state index contributed by atoms with van der Waals surface area (Å²) in [5, 5.41) is 12.2. The number of nitrogens with zero attached hydrogens (tertiary/aromatic N) is 2. The maximum atomic E-state index is 13.9. The normalized spacial score (nSPS) is 11.4. The number of hydrogen-bond donors (Lipinski definition) is 2. The molecule has 7 nitrogen and oxygen atoms in total. The van der Waals surface area contributed by atoms with Crippen molar-refractivity contribution >= 4 is 17.6 Å². The molecule has 0 spiro atoms. The number of terminal acetylenes is 1. The Balaban J connectivity index is 0.00000249. The van der Waals surface area contributed by atoms with Crippen molar-refractivity contribution in [2.45, 2.75) is 26.8 Å². The van der Waals surface area contributed by atoms with Crippen molar-refractivity contribution in [2.24, 2.45) is 4.99 Å². The van der Waals surface area contributed by atoms with Gasteiger partial charge in [0.15, 0.2) is 5.90 Å². The van der Waals surface area contributed by atoms with E-state index in [4.69, 9.17) is 9.84 Å². The molecule has 0 unspecified atom stereocenters. The number of ether oxygens (including phenoxy) is 1. The zero-order valence-corrected chi connectivity index (χ0v) is 18.5. The third-order valence-corrected chi connectivity index (χ3v) is 4.50. The van der Waals surface area contributed by atoms with Gasteiger partial charge in [-0.2, -0.15) is 0 Å². The molecule has 0 aliphatic heterocycles. The average molecular weight is 442 g/mol. The summed E-state index contributed by atoms with van der Waals surface area (Å²) in [6, 6.07) is 7.91. The van der Waals surface area contributed by atoms with Gasteiger partial charge in [-0.3, -0.25) is 9.59 Å². The third kappa shape index (κ3) is 8.20. The standard InChI is InChI=1S/C22H26FN3O4.C2H2/c1-15-5-4-6-19(23)18(15)9-11-24-12-10-20(25-16(2)30-3)17-7-8-21(27)26(13-17)14-22(28)29;1-2/h4-8,10,13,24H,9,11-12,14H2,1-3H3,(H,28,29);1-2H/b20-10-,25-16?;. The van der Waals surface area contributed by atoms with Gasteiger partial charge in [0.2, 0.25) is 0 Å². The fourth-order valence-electron chi connectivity index (χ4n) is 2.86. The van der Waals surface area contributed by atoms with Crippen LogP contribution >= 0.6 is 0 Å². The van der Waals surface area contributed by atoms with E-state index < -0.39 is 18.1 Å². The number of pyridine rings is 1. The van der Waals surface area contributed by atoms with Gasteiger partial charge in [-0.15, -0.1) is 12.8 Å². The van der Waals surface area contributed by atoms with E-state index in [0.29, 0.717) is 42.2 Å². The largest absolute Gasteiger partial charge is 0.484 e. The lowest BCUT2D eigenvalue weighted by Crippen LogP contribution is -2.23. The smallest absolute Gasteiger partial charge is 0.323 e. The Morgan fingerprint density at radius 1 is 1.31 bits per heavy atom. The van der Waals surface area contributed by atoms with Gasteiger partial charge in [0, 0.05) is 31.3 Å². The van der Waals surface area contributed by atoms with Gasteiger partial charge < -0.3 is 19.7 Å². The number of carboxylic acids is 1. The first kappa shape index (κ1) is 26.3. The second kappa shape index (κ2) is 13.6. The quantitative estimate of drug-likeness (QED) is 0.270. The average Bonchev–Trinajstić information content (AvgIpc) is 2.77. The number of carbonyl (C=O) groups is 1. The molecule has 0 saturated carbocycles. The zero-order chi connectivity index (χ0) is 24.1. The Kier molecular flexibility index (Phi) is 11.2. The van der Waals surface area contributed by atoms with Gasteiger partial charge in [0.25, 0.3) is 5.56 Å². The highest BCUT2D eigenvalue weighted by Crippen LogP contribution is 2.15. The van der Waals surface area contributed by atoms with Crippen LogP contribution in [0.5, 0.6) is 0 Å². The van der Waals surface area contributed by atoms with Crippen molar-refractivity contribution < 1.29 is 19.0 Å². The van der Waals surface area contributed by atoms with Crippen LogP contribution in [0.2, 0.25) is 0 Å². The van der Waals surface area contributed by atoms with Crippen LogP contribution in [0.25, 0.3) is 5.70 Å². The number of aliphatic imine (C=N–C) groups is 1. The molecule has 2 rings (SSSR count). The Hall–Kier alpha value is -3.70. The van der Waals surface area contributed by atoms with E-state index >= 15 is 0 Å². The number of aliphatic carboxylic acids is 1. The molecule has 2 aromatic rings. The van der Waals surface area contributed by atoms with Gasteiger partial charge in [-0.25, -0.2) is 9.38 Å². The van der Waals surface area contributed by atoms with Crippen molar-refractivity contribution in [1.29, 1.82) is 0 Å². The zero-order valence-electron chi connectivity index (χ0n) is 18.5. The molecule has 2 N–H and O–H groups in total. The molecule has 8 heteroatoms. The molecule has 0 radical (unpaired) electrons. The predicted octanol–water partition coefficient (Wildman–Crippen LogP) is 2.87. The highest BCUT2D eigenvalue weighted by molar-refractivity contribution is 5.81. The summed E-state index contributed by atoms with van der Waals surface area (Å²) in [5.74, 6) is -0.908. The van der Waals surface area contributed by atoms with Crippen LogP contribution in [0.1, 0.15) is 23.6 Å². The second-order valence-corrected chi connectivity index (χ2v) is 6.69. The first-order valence-electron chi connectivity index (χ1n) is 9.82. The number of hydrogen-bond acceptors (Lipinski definition) is 5. The Bertz CT molecular complexity index is 1030.